The molecule has 0 saturated carbocycles. The first-order chi connectivity index (χ1) is 14.8. The van der Waals surface area contributed by atoms with E-state index >= 15 is 0 Å². The van der Waals surface area contributed by atoms with Gasteiger partial charge in [-0.05, 0) is 11.6 Å². The van der Waals surface area contributed by atoms with E-state index in [4.69, 9.17) is 16.6 Å². The molecule has 0 radical (unpaired) electrons. The number of sulfonamides is 1. The second-order valence-corrected chi connectivity index (χ2v) is 10.3. The highest BCUT2D eigenvalue weighted by Gasteiger charge is 2.31. The molecule has 0 spiro atoms. The third-order valence-corrected chi connectivity index (χ3v) is 7.50. The van der Waals surface area contributed by atoms with Crippen LogP contribution in [0.5, 0.6) is 0 Å². The minimum atomic E-state index is -4.16. The van der Waals surface area contributed by atoms with Gasteiger partial charge in [-0.15, -0.1) is 0 Å². The summed E-state index contributed by atoms with van der Waals surface area (Å²) in [7, 11) is -4.16. The Balaban J connectivity index is 1.87. The topological polar surface area (TPSA) is 186 Å². The molecule has 1 aliphatic heterocycles. The number of nitrogens with zero attached hydrogens (tertiary/aromatic N) is 2. The van der Waals surface area contributed by atoms with Crippen LogP contribution in [0.15, 0.2) is 41.4 Å². The van der Waals surface area contributed by atoms with Crippen LogP contribution in [-0.2, 0) is 10.0 Å². The van der Waals surface area contributed by atoms with Crippen molar-refractivity contribution < 1.29 is 8.42 Å². The average Bonchev–Trinajstić information content (AvgIpc) is 3.46. The maximum atomic E-state index is 12.9. The summed E-state index contributed by atoms with van der Waals surface area (Å²) in [5.74, 6) is 0. The number of hydrogen-bond donors (Lipinski definition) is 7. The summed E-state index contributed by atoms with van der Waals surface area (Å²) in [5, 5.41) is 6.48. The van der Waals surface area contributed by atoms with Gasteiger partial charge in [-0.2, -0.15) is 11.1 Å². The lowest BCUT2D eigenvalue weighted by atomic mass is 9.94. The Morgan fingerprint density at radius 3 is 2.35 bits per heavy atom. The monoisotopic (exact) mass is 475 g/mol. The van der Waals surface area contributed by atoms with E-state index in [1.807, 2.05) is 24.3 Å². The highest BCUT2D eigenvalue weighted by atomic mass is 32.2. The number of para-hydroxylation sites is 1. The van der Waals surface area contributed by atoms with Crippen LogP contribution in [0.25, 0.3) is 31.8 Å². The Kier molecular flexibility index (Phi) is 4.87. The summed E-state index contributed by atoms with van der Waals surface area (Å²) in [5.41, 5.74) is 26.0. The third kappa shape index (κ3) is 3.54. The van der Waals surface area contributed by atoms with Gasteiger partial charge in [0.05, 0.1) is 20.0 Å². The molecule has 0 aliphatic carbocycles. The summed E-state index contributed by atoms with van der Waals surface area (Å²) in [6.07, 6.45) is 0.904. The lowest BCUT2D eigenvalue weighted by Crippen LogP contribution is -2.33. The van der Waals surface area contributed by atoms with Gasteiger partial charge in [-0.3, -0.25) is 0 Å². The number of nitrogen functional groups attached to an aromatic ring is 2. The number of fused-ring (bicyclic) bond motifs is 1. The van der Waals surface area contributed by atoms with Gasteiger partial charge in [0.2, 0.25) is 10.0 Å². The number of nitrogens with two attached hydrogens (primary N) is 3. The molecular weight excluding hydrogens is 458 g/mol. The molecule has 5 rings (SSSR count). The fourth-order valence-electron chi connectivity index (χ4n) is 3.61. The van der Waals surface area contributed by atoms with Gasteiger partial charge in [0.1, 0.15) is 6.17 Å². The molecule has 1 fully saturated rings. The van der Waals surface area contributed by atoms with Crippen LogP contribution in [-0.4, -0.2) is 18.4 Å². The van der Waals surface area contributed by atoms with E-state index in [1.54, 1.807) is 6.07 Å². The number of anilines is 2. The molecule has 31 heavy (non-hydrogen) atoms. The number of benzene rings is 2. The maximum absolute atomic E-state index is 12.9. The Labute approximate surface area is 184 Å². The first-order valence-corrected chi connectivity index (χ1v) is 12.1. The van der Waals surface area contributed by atoms with Gasteiger partial charge in [-0.25, -0.2) is 34.4 Å². The van der Waals surface area contributed by atoms with Crippen LogP contribution in [0.2, 0.25) is 0 Å². The van der Waals surface area contributed by atoms with Crippen molar-refractivity contribution in [2.45, 2.75) is 11.1 Å². The second-order valence-electron chi connectivity index (χ2n) is 6.69. The van der Waals surface area contributed by atoms with Gasteiger partial charge < -0.3 is 11.5 Å². The number of thiazole rings is 2. The third-order valence-electron chi connectivity index (χ3n) is 4.78. The molecule has 2 aromatic carbocycles. The van der Waals surface area contributed by atoms with Crippen molar-refractivity contribution in [3.8, 4) is 21.6 Å². The molecule has 1 saturated heterocycles. The zero-order chi connectivity index (χ0) is 21.8. The van der Waals surface area contributed by atoms with E-state index in [2.05, 4.69) is 31.9 Å². The molecule has 160 valence electrons. The number of primary sulfonamides is 1. The maximum Gasteiger partial charge on any atom is 0.239 e. The molecule has 11 nitrogen and oxygen atoms in total. The molecule has 4 aromatic rings. The molecule has 10 N–H and O–H groups in total. The molecule has 0 bridgehead atoms. The zero-order valence-corrected chi connectivity index (χ0v) is 18.2. The normalized spacial score (nSPS) is 15.1. The van der Waals surface area contributed by atoms with Crippen LogP contribution in [0.3, 0.4) is 0 Å². The molecule has 1 aliphatic rings. The second kappa shape index (κ2) is 7.47. The van der Waals surface area contributed by atoms with E-state index < -0.39 is 16.2 Å². The first kappa shape index (κ1) is 20.2. The van der Waals surface area contributed by atoms with Gasteiger partial charge in [0, 0.05) is 22.9 Å². The van der Waals surface area contributed by atoms with Gasteiger partial charge in [0.25, 0.3) is 0 Å². The summed E-state index contributed by atoms with van der Waals surface area (Å²) < 4.78 is 26.6. The smallest absolute Gasteiger partial charge is 0.239 e. The Hall–Kier alpha value is -2.69. The summed E-state index contributed by atoms with van der Waals surface area (Å²) in [6.45, 7) is 0. The van der Waals surface area contributed by atoms with Gasteiger partial charge >= 0.3 is 0 Å². The van der Waals surface area contributed by atoms with Crippen molar-refractivity contribution in [2.24, 2.45) is 5.14 Å². The van der Waals surface area contributed by atoms with E-state index in [0.29, 0.717) is 37.3 Å². The lowest BCUT2D eigenvalue weighted by molar-refractivity contribution is 0.541. The van der Waals surface area contributed by atoms with E-state index in [9.17, 15) is 8.42 Å². The minimum Gasteiger partial charge on any atom is -0.375 e. The van der Waals surface area contributed by atoms with E-state index in [-0.39, 0.29) is 4.90 Å². The van der Waals surface area contributed by atoms with Crippen LogP contribution in [0, 0.1) is 0 Å². The quantitative estimate of drug-likeness (QED) is 0.224. The predicted molar refractivity (Wildman–Crippen MR) is 122 cm³/mol. The van der Waals surface area contributed by atoms with Crippen molar-refractivity contribution in [3.05, 3.63) is 42.1 Å². The summed E-state index contributed by atoms with van der Waals surface area (Å²) in [6, 6.07) is 9.20. The average molecular weight is 476 g/mol. The number of hydrazine groups is 3. The summed E-state index contributed by atoms with van der Waals surface area (Å²) in [4.78, 5) is 9.05. The van der Waals surface area contributed by atoms with Crippen LogP contribution in [0.1, 0.15) is 11.7 Å². The first-order valence-electron chi connectivity index (χ1n) is 8.91. The molecule has 0 amide bonds. The fourth-order valence-corrected chi connectivity index (χ4v) is 6.17. The largest absolute Gasteiger partial charge is 0.375 e. The molecule has 14 heteroatoms. The van der Waals surface area contributed by atoms with E-state index in [1.165, 1.54) is 28.9 Å². The predicted octanol–water partition coefficient (Wildman–Crippen LogP) is 1.01. The van der Waals surface area contributed by atoms with Crippen LogP contribution in [0.4, 0.5) is 10.3 Å². The van der Waals surface area contributed by atoms with Crippen molar-refractivity contribution in [3.63, 3.8) is 0 Å². The minimum absolute atomic E-state index is 0.0376. The van der Waals surface area contributed by atoms with Crippen molar-refractivity contribution >= 4 is 53.2 Å². The van der Waals surface area contributed by atoms with Crippen molar-refractivity contribution in [1.82, 2.24) is 31.9 Å². The number of hydrogen-bond acceptors (Lipinski definition) is 12. The lowest BCUT2D eigenvalue weighted by Gasteiger charge is -2.21. The Morgan fingerprint density at radius 1 is 0.935 bits per heavy atom. The number of aromatic nitrogens is 2. The molecular formula is C17H17N9O2S3. The highest BCUT2D eigenvalue weighted by molar-refractivity contribution is 7.89. The van der Waals surface area contributed by atoms with Gasteiger partial charge in [0.15, 0.2) is 10.3 Å². The van der Waals surface area contributed by atoms with Crippen LogP contribution >= 0.6 is 22.7 Å². The van der Waals surface area contributed by atoms with E-state index in [0.717, 1.165) is 10.3 Å². The number of nitrogens with one attached hydrogen (secondary N) is 4. The zero-order valence-electron chi connectivity index (χ0n) is 15.7. The van der Waals surface area contributed by atoms with Crippen LogP contribution < -0.4 is 38.5 Å². The number of rotatable bonds is 4. The summed E-state index contributed by atoms with van der Waals surface area (Å²) >= 11 is 2.54. The van der Waals surface area contributed by atoms with Crippen molar-refractivity contribution in [2.75, 3.05) is 11.5 Å². The Bertz CT molecular complexity index is 1410. The molecule has 0 unspecified atom stereocenters. The Morgan fingerprint density at radius 2 is 1.68 bits per heavy atom. The highest BCUT2D eigenvalue weighted by Crippen LogP contribution is 2.42. The van der Waals surface area contributed by atoms with Crippen molar-refractivity contribution in [1.29, 1.82) is 0 Å². The molecule has 3 heterocycles. The fraction of sp³-hybridized carbons (Fsp3) is 0.0588. The molecule has 2 aromatic heterocycles. The SMILES string of the molecule is Nc1ncc(-c2ccc(-c3cccc4sc(N)nc34)c(C3NNNN3)c2S(N)(=O)=O)s1. The molecule has 0 atom stereocenters. The standard InChI is InChI=1S/C17H17N9O2S3/c18-16-21-6-11(30-16)9-5-4-7(8-2-1-3-10-13(8)22-17(19)29-10)12(14(9)31(20,27)28)15-23-25-26-24-15/h1-6,15,23-26H,(H2,18,21)(H2,19,22)(H2,20,27,28). The van der Waals surface area contributed by atoms with Gasteiger partial charge in [-0.1, -0.05) is 46.9 Å².